The topological polar surface area (TPSA) is 198 Å². The molecule has 13 nitrogen and oxygen atoms in total. The van der Waals surface area contributed by atoms with Gasteiger partial charge in [0.2, 0.25) is 17.6 Å². The summed E-state index contributed by atoms with van der Waals surface area (Å²) in [4.78, 5) is 71.2. The Hall–Kier alpha value is -3.55. The highest BCUT2D eigenvalue weighted by atomic mass is 32.2. The number of nitrogens with two attached hydrogens (primary N) is 1. The zero-order valence-corrected chi connectivity index (χ0v) is 28.5. The molecule has 6 atom stereocenters. The molecule has 14 heteroatoms. The Balaban J connectivity index is 1.51. The van der Waals surface area contributed by atoms with E-state index in [2.05, 4.69) is 20.9 Å². The van der Waals surface area contributed by atoms with Crippen molar-refractivity contribution in [3.63, 3.8) is 0 Å². The maximum Gasteiger partial charge on any atom is 0.315 e. The van der Waals surface area contributed by atoms with Gasteiger partial charge < -0.3 is 26.6 Å². The quantitative estimate of drug-likeness (QED) is 0.228. The number of amides is 5. The van der Waals surface area contributed by atoms with Crippen LogP contribution in [0.25, 0.3) is 0 Å². The van der Waals surface area contributed by atoms with Crippen LogP contribution in [0.1, 0.15) is 67.7 Å². The maximum atomic E-state index is 14.2. The lowest BCUT2D eigenvalue weighted by Gasteiger charge is -2.38. The first-order valence-corrected chi connectivity index (χ1v) is 17.6. The van der Waals surface area contributed by atoms with Gasteiger partial charge in [0, 0.05) is 18.8 Å². The van der Waals surface area contributed by atoms with Crippen molar-refractivity contribution in [2.45, 2.75) is 96.9 Å². The Bertz CT molecular complexity index is 1470. The highest BCUT2D eigenvalue weighted by molar-refractivity contribution is 7.91. The Kier molecular flexibility index (Phi) is 9.92. The van der Waals surface area contributed by atoms with Crippen LogP contribution < -0.4 is 21.7 Å². The molecule has 0 aromatic carbocycles. The first kappa shape index (κ1) is 35.3. The van der Waals surface area contributed by atoms with Gasteiger partial charge in [-0.3, -0.25) is 19.2 Å². The van der Waals surface area contributed by atoms with Crippen molar-refractivity contribution in [2.75, 3.05) is 12.3 Å². The van der Waals surface area contributed by atoms with E-state index >= 15 is 0 Å². The predicted octanol–water partition coefficient (Wildman–Crippen LogP) is 1.42. The van der Waals surface area contributed by atoms with Crippen LogP contribution in [0.3, 0.4) is 0 Å². The number of pyridine rings is 1. The van der Waals surface area contributed by atoms with E-state index in [9.17, 15) is 32.4 Å². The van der Waals surface area contributed by atoms with Gasteiger partial charge in [0.25, 0.3) is 5.91 Å². The summed E-state index contributed by atoms with van der Waals surface area (Å²) < 4.78 is 26.0. The van der Waals surface area contributed by atoms with Gasteiger partial charge in [-0.2, -0.15) is 0 Å². The number of nitrogens with one attached hydrogen (secondary N) is 3. The average molecular weight is 661 g/mol. The molecule has 0 radical (unpaired) electrons. The molecule has 0 bridgehead atoms. The Labute approximate surface area is 271 Å². The second-order valence-corrected chi connectivity index (χ2v) is 17.1. The molecule has 1 aliphatic heterocycles. The molecular formula is C32H48N6O7S. The third kappa shape index (κ3) is 7.69. The number of Topliss-reactive ketones (excluding diaryl/α,β-unsaturated/α-hetero) is 1. The molecule has 2 aliphatic carbocycles. The first-order chi connectivity index (χ1) is 21.3. The summed E-state index contributed by atoms with van der Waals surface area (Å²) >= 11 is 0. The maximum absolute atomic E-state index is 14.2. The standard InChI is InChI=1S/C32H48N6O7S/c1-17(2)21(16-46(44,45)22-10-8-9-13-34-22)36-30(43)37-26(31(3,4)5)29(42)38-15-19-23(32(19,6)7)24(38)28(41)35-20(14-18-11-12-18)25(39)27(33)40/h8-10,13,17-21,23-24,26H,11-12,14-16H2,1-7H3,(H2,33,40)(H,35,41)(H2,36,37,43)/t19-,20?,21+,23-,24-,26+/m0/s1. The fraction of sp³-hybridized carbons (Fsp3) is 0.688. The zero-order valence-electron chi connectivity index (χ0n) is 27.7. The van der Waals surface area contributed by atoms with Crippen LogP contribution in [0.5, 0.6) is 0 Å². The molecule has 4 rings (SSSR count). The summed E-state index contributed by atoms with van der Waals surface area (Å²) in [6.07, 6.45) is 3.50. The third-order valence-corrected chi connectivity index (χ3v) is 11.4. The summed E-state index contributed by atoms with van der Waals surface area (Å²) in [7, 11) is -3.82. The smallest absolute Gasteiger partial charge is 0.315 e. The van der Waals surface area contributed by atoms with Crippen LogP contribution in [-0.4, -0.2) is 84.3 Å². The van der Waals surface area contributed by atoms with Crippen molar-refractivity contribution in [1.29, 1.82) is 0 Å². The van der Waals surface area contributed by atoms with Crippen molar-refractivity contribution in [1.82, 2.24) is 25.8 Å². The van der Waals surface area contributed by atoms with Gasteiger partial charge in [-0.1, -0.05) is 67.4 Å². The molecule has 2 heterocycles. The first-order valence-electron chi connectivity index (χ1n) is 15.9. The molecule has 1 unspecified atom stereocenters. The molecule has 0 spiro atoms. The second-order valence-electron chi connectivity index (χ2n) is 15.1. The Morgan fingerprint density at radius 1 is 1.07 bits per heavy atom. The van der Waals surface area contributed by atoms with Crippen LogP contribution in [-0.2, 0) is 29.0 Å². The third-order valence-electron chi connectivity index (χ3n) is 9.77. The molecule has 5 N–H and O–H groups in total. The number of likely N-dealkylation sites (tertiary alicyclic amines) is 1. The van der Waals surface area contributed by atoms with Crippen LogP contribution in [0.15, 0.2) is 29.4 Å². The zero-order chi connectivity index (χ0) is 34.4. The molecular weight excluding hydrogens is 612 g/mol. The molecule has 1 aromatic heterocycles. The van der Waals surface area contributed by atoms with Crippen LogP contribution in [0.2, 0.25) is 0 Å². The van der Waals surface area contributed by atoms with E-state index in [1.54, 1.807) is 46.8 Å². The van der Waals surface area contributed by atoms with Gasteiger partial charge in [0.05, 0.1) is 11.8 Å². The summed E-state index contributed by atoms with van der Waals surface area (Å²) in [6.45, 7) is 13.3. The molecule has 254 valence electrons. The number of carbonyl (C=O) groups excluding carboxylic acids is 5. The normalized spacial score (nSPS) is 23.9. The molecule has 1 saturated heterocycles. The van der Waals surface area contributed by atoms with Gasteiger partial charge in [-0.25, -0.2) is 18.2 Å². The number of rotatable bonds is 13. The Morgan fingerprint density at radius 2 is 1.72 bits per heavy atom. The van der Waals surface area contributed by atoms with Crippen molar-refractivity contribution < 1.29 is 32.4 Å². The molecule has 1 aromatic rings. The van der Waals surface area contributed by atoms with Crippen molar-refractivity contribution >= 4 is 39.4 Å². The fourth-order valence-electron chi connectivity index (χ4n) is 6.57. The molecule has 2 saturated carbocycles. The minimum atomic E-state index is -3.82. The number of nitrogens with zero attached hydrogens (tertiary/aromatic N) is 2. The molecule has 3 fully saturated rings. The summed E-state index contributed by atoms with van der Waals surface area (Å²) in [6, 6.07) is 0.0401. The summed E-state index contributed by atoms with van der Waals surface area (Å²) in [5, 5.41) is 8.15. The highest BCUT2D eigenvalue weighted by Crippen LogP contribution is 2.65. The lowest BCUT2D eigenvalue weighted by atomic mass is 9.85. The van der Waals surface area contributed by atoms with Gasteiger partial charge >= 0.3 is 6.03 Å². The molecule has 3 aliphatic rings. The Morgan fingerprint density at radius 3 is 2.24 bits per heavy atom. The van der Waals surface area contributed by atoms with E-state index in [1.807, 2.05) is 13.8 Å². The minimum Gasteiger partial charge on any atom is -0.363 e. The van der Waals surface area contributed by atoms with Crippen molar-refractivity contribution in [3.05, 3.63) is 24.4 Å². The fourth-order valence-corrected chi connectivity index (χ4v) is 8.19. The minimum absolute atomic E-state index is 0.0393. The van der Waals surface area contributed by atoms with Gasteiger partial charge in [0.1, 0.15) is 12.1 Å². The SMILES string of the molecule is CC(C)[C@@H](CS(=O)(=O)c1ccccn1)NC(=O)N[C@H](C(=O)N1C[C@H]2[C@@H]([C@H]1C(=O)NC(CC1CC1)C(=O)C(N)=O)C2(C)C)C(C)(C)C. The predicted molar refractivity (Wildman–Crippen MR) is 170 cm³/mol. The number of ketones is 1. The largest absolute Gasteiger partial charge is 0.363 e. The number of hydrogen-bond donors (Lipinski definition) is 4. The van der Waals surface area contributed by atoms with Gasteiger partial charge in [-0.05, 0) is 53.1 Å². The summed E-state index contributed by atoms with van der Waals surface area (Å²) in [5.41, 5.74) is 4.27. The van der Waals surface area contributed by atoms with Crippen LogP contribution in [0, 0.1) is 34.5 Å². The lowest BCUT2D eigenvalue weighted by Crippen LogP contribution is -2.62. The van der Waals surface area contributed by atoms with Crippen molar-refractivity contribution in [3.8, 4) is 0 Å². The monoisotopic (exact) mass is 660 g/mol. The number of primary amides is 1. The molecule has 46 heavy (non-hydrogen) atoms. The number of aromatic nitrogens is 1. The molecule has 5 amide bonds. The van der Waals surface area contributed by atoms with Gasteiger partial charge in [-0.15, -0.1) is 0 Å². The number of carbonyl (C=O) groups is 5. The highest BCUT2D eigenvalue weighted by Gasteiger charge is 2.70. The number of hydrogen-bond acceptors (Lipinski definition) is 8. The number of fused-ring (bicyclic) bond motifs is 1. The van der Waals surface area contributed by atoms with Gasteiger partial charge in [0.15, 0.2) is 14.9 Å². The number of sulfone groups is 1. The average Bonchev–Trinajstić information content (AvgIpc) is 3.81. The summed E-state index contributed by atoms with van der Waals surface area (Å²) in [5.74, 6) is -3.53. The van der Waals surface area contributed by atoms with Crippen LogP contribution >= 0.6 is 0 Å². The van der Waals surface area contributed by atoms with E-state index in [0.717, 1.165) is 12.8 Å². The van der Waals surface area contributed by atoms with E-state index < -0.39 is 69.0 Å². The van der Waals surface area contributed by atoms with E-state index in [-0.39, 0.29) is 39.9 Å². The van der Waals surface area contributed by atoms with E-state index in [4.69, 9.17) is 5.73 Å². The van der Waals surface area contributed by atoms with Crippen molar-refractivity contribution in [2.24, 2.45) is 40.2 Å². The van der Waals surface area contributed by atoms with E-state index in [1.165, 1.54) is 17.2 Å². The number of urea groups is 1. The lowest BCUT2D eigenvalue weighted by molar-refractivity contribution is -0.145. The number of piperidine rings is 1. The van der Waals surface area contributed by atoms with Crippen LogP contribution in [0.4, 0.5) is 4.79 Å². The van der Waals surface area contributed by atoms with E-state index in [0.29, 0.717) is 13.0 Å². The second kappa shape index (κ2) is 12.9.